The number of aliphatic hydroxyl groups excluding tert-OH is 1. The molecule has 0 saturated heterocycles. The second kappa shape index (κ2) is 5.31. The van der Waals surface area contributed by atoms with Crippen LogP contribution in [-0.2, 0) is 10.2 Å². The zero-order valence-corrected chi connectivity index (χ0v) is 15.7. The lowest BCUT2D eigenvalue weighted by Crippen LogP contribution is -2.27. The maximum atomic E-state index is 12.8. The first-order valence-corrected chi connectivity index (χ1v) is 8.75. The number of Topliss-reactive ketones (excluding diaryl/α,β-unsaturated/α-hetero) is 1. The van der Waals surface area contributed by atoms with E-state index in [4.69, 9.17) is 0 Å². The zero-order valence-electron chi connectivity index (χ0n) is 15.7. The largest absolute Gasteiger partial charge is 0.506 e. The number of hydrogen-bond donors (Lipinski definition) is 1. The van der Waals surface area contributed by atoms with Crippen LogP contribution < -0.4 is 4.90 Å². The molecule has 1 N–H and O–H groups in total. The number of likely N-dealkylation sites (N-methyl/N-ethyl adjacent to an activating group) is 1. The van der Waals surface area contributed by atoms with Gasteiger partial charge in [-0.2, -0.15) is 0 Å². The van der Waals surface area contributed by atoms with Crippen molar-refractivity contribution in [3.05, 3.63) is 75.9 Å². The molecule has 132 valence electrons. The monoisotopic (exact) mass is 346 g/mol. The maximum absolute atomic E-state index is 12.8. The van der Waals surface area contributed by atoms with Crippen LogP contribution in [0.3, 0.4) is 0 Å². The van der Waals surface area contributed by atoms with E-state index in [1.807, 2.05) is 45.2 Å². The molecule has 1 aromatic carbocycles. The highest BCUT2D eigenvalue weighted by Gasteiger charge is 2.42. The van der Waals surface area contributed by atoms with Gasteiger partial charge in [0.05, 0.1) is 16.8 Å². The van der Waals surface area contributed by atoms with E-state index in [0.29, 0.717) is 16.8 Å². The van der Waals surface area contributed by atoms with E-state index in [9.17, 15) is 9.90 Å². The molecule has 0 amide bonds. The molecule has 4 heteroatoms. The summed E-state index contributed by atoms with van der Waals surface area (Å²) >= 11 is 0. The summed E-state index contributed by atoms with van der Waals surface area (Å²) in [5, 5.41) is 10.6. The lowest BCUT2D eigenvalue weighted by atomic mass is 9.80. The number of para-hydroxylation sites is 1. The van der Waals surface area contributed by atoms with Crippen LogP contribution in [0.2, 0.25) is 0 Å². The Bertz CT molecular complexity index is 1020. The van der Waals surface area contributed by atoms with Crippen molar-refractivity contribution in [2.45, 2.75) is 33.1 Å². The van der Waals surface area contributed by atoms with Crippen molar-refractivity contribution in [3.8, 4) is 0 Å². The molecule has 0 bridgehead atoms. The van der Waals surface area contributed by atoms with Crippen LogP contribution in [0.5, 0.6) is 0 Å². The smallest absolute Gasteiger partial charge is 0.202 e. The third-order valence-corrected chi connectivity index (χ3v) is 5.51. The van der Waals surface area contributed by atoms with Gasteiger partial charge in [0.1, 0.15) is 5.76 Å². The fraction of sp³-hybridized carbons (Fsp3) is 0.273. The molecular formula is C22H22N2O2. The number of hydrogen-bond acceptors (Lipinski definition) is 4. The van der Waals surface area contributed by atoms with Crippen molar-refractivity contribution in [3.63, 3.8) is 0 Å². The number of aliphatic imine (C=N–C) groups is 1. The number of anilines is 1. The van der Waals surface area contributed by atoms with E-state index >= 15 is 0 Å². The Morgan fingerprint density at radius 2 is 1.88 bits per heavy atom. The van der Waals surface area contributed by atoms with Crippen LogP contribution in [0.1, 0.15) is 33.3 Å². The summed E-state index contributed by atoms with van der Waals surface area (Å²) in [7, 11) is 2.00. The van der Waals surface area contributed by atoms with Crippen molar-refractivity contribution in [1.82, 2.24) is 0 Å². The fourth-order valence-electron chi connectivity index (χ4n) is 4.10. The summed E-state index contributed by atoms with van der Waals surface area (Å²) in [5.41, 5.74) is 6.16. The molecule has 26 heavy (non-hydrogen) atoms. The van der Waals surface area contributed by atoms with Crippen molar-refractivity contribution in [1.29, 1.82) is 0 Å². The van der Waals surface area contributed by atoms with Crippen molar-refractivity contribution < 1.29 is 9.90 Å². The Hall–Kier alpha value is -2.88. The third kappa shape index (κ3) is 2.08. The number of carbonyl (C=O) groups is 1. The molecular weight excluding hydrogens is 324 g/mol. The van der Waals surface area contributed by atoms with Gasteiger partial charge in [0, 0.05) is 29.6 Å². The minimum atomic E-state index is -0.236. The molecule has 0 aromatic heterocycles. The number of aliphatic hydroxyl groups is 1. The second-order valence-corrected chi connectivity index (χ2v) is 7.63. The average Bonchev–Trinajstić information content (AvgIpc) is 3.01. The number of carbonyl (C=O) groups excluding carboxylic acids is 1. The number of ketones is 1. The van der Waals surface area contributed by atoms with Gasteiger partial charge in [-0.3, -0.25) is 9.79 Å². The summed E-state index contributed by atoms with van der Waals surface area (Å²) in [6, 6.07) is 8.23. The van der Waals surface area contributed by atoms with Crippen LogP contribution in [0.4, 0.5) is 5.69 Å². The van der Waals surface area contributed by atoms with Gasteiger partial charge in [-0.15, -0.1) is 0 Å². The SMILES string of the molecule is CC1=CC(C)=NC1=C1C(=O)C(/C=C2\N(C)c3ccccc3C2(C)C)=C1O. The second-order valence-electron chi connectivity index (χ2n) is 7.63. The molecule has 4 rings (SSSR count). The third-order valence-electron chi connectivity index (χ3n) is 5.51. The van der Waals surface area contributed by atoms with E-state index in [1.54, 1.807) is 0 Å². The van der Waals surface area contributed by atoms with E-state index in [1.165, 1.54) is 5.56 Å². The molecule has 3 aliphatic rings. The Morgan fingerprint density at radius 1 is 1.19 bits per heavy atom. The lowest BCUT2D eigenvalue weighted by Gasteiger charge is -2.27. The van der Waals surface area contributed by atoms with Gasteiger partial charge in [-0.25, -0.2) is 0 Å². The molecule has 0 atom stereocenters. The first kappa shape index (κ1) is 16.6. The highest BCUT2D eigenvalue weighted by molar-refractivity contribution is 6.22. The van der Waals surface area contributed by atoms with Crippen molar-refractivity contribution >= 4 is 17.2 Å². The van der Waals surface area contributed by atoms with Gasteiger partial charge in [0.15, 0.2) is 0 Å². The molecule has 1 aliphatic carbocycles. The van der Waals surface area contributed by atoms with Crippen LogP contribution >= 0.6 is 0 Å². The predicted octanol–water partition coefficient (Wildman–Crippen LogP) is 4.37. The van der Waals surface area contributed by atoms with E-state index in [-0.39, 0.29) is 17.0 Å². The minimum absolute atomic E-state index is 0.0452. The zero-order chi connectivity index (χ0) is 18.8. The van der Waals surface area contributed by atoms with Crippen LogP contribution in [0, 0.1) is 0 Å². The summed E-state index contributed by atoms with van der Waals surface area (Å²) in [6.07, 6.45) is 3.75. The molecule has 0 radical (unpaired) electrons. The summed E-state index contributed by atoms with van der Waals surface area (Å²) < 4.78 is 0. The first-order chi connectivity index (χ1) is 12.2. The molecule has 0 fully saturated rings. The minimum Gasteiger partial charge on any atom is -0.506 e. The Labute approximate surface area is 153 Å². The number of allylic oxidation sites excluding steroid dienone is 6. The normalized spacial score (nSPS) is 25.5. The molecule has 4 nitrogen and oxygen atoms in total. The predicted molar refractivity (Wildman–Crippen MR) is 105 cm³/mol. The van der Waals surface area contributed by atoms with Gasteiger partial charge < -0.3 is 10.0 Å². The van der Waals surface area contributed by atoms with Crippen LogP contribution in [-0.4, -0.2) is 23.6 Å². The standard InChI is InChI=1S/C22H22N2O2/c1-12-10-13(2)23-19(12)18-20(25)14(21(18)26)11-17-22(3,4)15-8-6-7-9-16(15)24(17)5/h6-11,25H,1-5H3/b17-11-,19-18?. The number of fused-ring (bicyclic) bond motifs is 1. The summed E-state index contributed by atoms with van der Waals surface area (Å²) in [5.74, 6) is -0.0970. The highest BCUT2D eigenvalue weighted by Crippen LogP contribution is 2.48. The van der Waals surface area contributed by atoms with Gasteiger partial charge in [-0.05, 0) is 43.2 Å². The van der Waals surface area contributed by atoms with E-state index in [0.717, 1.165) is 22.7 Å². The van der Waals surface area contributed by atoms with Crippen molar-refractivity contribution in [2.24, 2.45) is 4.99 Å². The van der Waals surface area contributed by atoms with Gasteiger partial charge in [0.25, 0.3) is 0 Å². The molecule has 2 heterocycles. The Kier molecular flexibility index (Phi) is 3.38. The quantitative estimate of drug-likeness (QED) is 0.768. The number of benzene rings is 1. The number of nitrogens with zero attached hydrogens (tertiary/aromatic N) is 2. The van der Waals surface area contributed by atoms with E-state index in [2.05, 4.69) is 35.9 Å². The summed E-state index contributed by atoms with van der Waals surface area (Å²) in [6.45, 7) is 8.07. The maximum Gasteiger partial charge on any atom is 0.202 e. The Morgan fingerprint density at radius 3 is 2.46 bits per heavy atom. The Balaban J connectivity index is 1.81. The molecule has 0 spiro atoms. The van der Waals surface area contributed by atoms with E-state index < -0.39 is 0 Å². The summed E-state index contributed by atoms with van der Waals surface area (Å²) in [4.78, 5) is 19.2. The topological polar surface area (TPSA) is 52.9 Å². The van der Waals surface area contributed by atoms with Crippen LogP contribution in [0.25, 0.3) is 0 Å². The molecule has 0 unspecified atom stereocenters. The van der Waals surface area contributed by atoms with Gasteiger partial charge >= 0.3 is 0 Å². The fourth-order valence-corrected chi connectivity index (χ4v) is 4.10. The van der Waals surface area contributed by atoms with Gasteiger partial charge in [-0.1, -0.05) is 32.0 Å². The number of rotatable bonds is 1. The highest BCUT2D eigenvalue weighted by atomic mass is 16.3. The molecule has 1 aromatic rings. The molecule has 0 saturated carbocycles. The molecule has 2 aliphatic heterocycles. The lowest BCUT2D eigenvalue weighted by molar-refractivity contribution is -0.113. The average molecular weight is 346 g/mol. The van der Waals surface area contributed by atoms with Gasteiger partial charge in [0.2, 0.25) is 5.78 Å². The van der Waals surface area contributed by atoms with Crippen molar-refractivity contribution in [2.75, 3.05) is 11.9 Å². The first-order valence-electron chi connectivity index (χ1n) is 8.75. The van der Waals surface area contributed by atoms with Crippen LogP contribution in [0.15, 0.2) is 75.3 Å².